The molecule has 178 valence electrons. The maximum Gasteiger partial charge on any atom is 0.338 e. The normalized spacial score (nSPS) is 14.7. The van der Waals surface area contributed by atoms with Crippen molar-refractivity contribution >= 4 is 17.6 Å². The lowest BCUT2D eigenvalue weighted by molar-refractivity contribution is -0.121. The molecular weight excluding hydrogens is 432 g/mol. The van der Waals surface area contributed by atoms with Gasteiger partial charge in [0.2, 0.25) is 17.6 Å². The van der Waals surface area contributed by atoms with Crippen LogP contribution in [0.1, 0.15) is 47.1 Å². The number of carbonyl (C=O) groups is 2. The van der Waals surface area contributed by atoms with Crippen LogP contribution >= 0.6 is 0 Å². The predicted octanol–water partition coefficient (Wildman–Crippen LogP) is 4.38. The molecule has 0 saturated carbocycles. The summed E-state index contributed by atoms with van der Waals surface area (Å²) in [5.41, 5.74) is 3.94. The van der Waals surface area contributed by atoms with Crippen LogP contribution in [0.3, 0.4) is 0 Å². The highest BCUT2D eigenvalue weighted by molar-refractivity contribution is 5.97. The number of amides is 1. The van der Waals surface area contributed by atoms with Crippen LogP contribution in [0.25, 0.3) is 11.4 Å². The van der Waals surface area contributed by atoms with E-state index in [2.05, 4.69) is 20.4 Å². The van der Waals surface area contributed by atoms with Gasteiger partial charge in [-0.3, -0.25) is 9.69 Å². The van der Waals surface area contributed by atoms with Crippen LogP contribution in [-0.4, -0.2) is 46.6 Å². The summed E-state index contributed by atoms with van der Waals surface area (Å²) < 4.78 is 10.5. The predicted molar refractivity (Wildman–Crippen MR) is 128 cm³/mol. The summed E-state index contributed by atoms with van der Waals surface area (Å²) in [5.74, 6) is 0.668. The molecule has 0 bridgehead atoms. The van der Waals surface area contributed by atoms with Gasteiger partial charge in [0.05, 0.1) is 18.7 Å². The maximum absolute atomic E-state index is 12.9. The van der Waals surface area contributed by atoms with E-state index in [-0.39, 0.29) is 17.8 Å². The average molecular weight is 463 g/mol. The summed E-state index contributed by atoms with van der Waals surface area (Å²) in [6.45, 7) is 8.03. The molecule has 8 nitrogen and oxygen atoms in total. The monoisotopic (exact) mass is 462 g/mol. The van der Waals surface area contributed by atoms with Crippen molar-refractivity contribution in [1.82, 2.24) is 15.0 Å². The van der Waals surface area contributed by atoms with E-state index in [0.717, 1.165) is 31.5 Å². The standard InChI is InChI=1S/C26H30N4O4/c1-4-33-26(32)21-6-5-7-22(18(21)3)27-25(31)20-12-14-30(15-13-20)16-23-28-24(29-34-23)19-10-8-17(2)9-11-19/h5-11,20H,4,12-16H2,1-3H3,(H,27,31). The van der Waals surface area contributed by atoms with Crippen molar-refractivity contribution < 1.29 is 18.8 Å². The minimum absolute atomic E-state index is 0.0248. The number of ether oxygens (including phenoxy) is 1. The van der Waals surface area contributed by atoms with Gasteiger partial charge in [0.25, 0.3) is 0 Å². The number of rotatable bonds is 7. The smallest absolute Gasteiger partial charge is 0.338 e. The Morgan fingerprint density at radius 1 is 1.12 bits per heavy atom. The lowest BCUT2D eigenvalue weighted by Crippen LogP contribution is -2.38. The first-order valence-electron chi connectivity index (χ1n) is 11.6. The highest BCUT2D eigenvalue weighted by Gasteiger charge is 2.27. The van der Waals surface area contributed by atoms with Crippen molar-refractivity contribution in [2.24, 2.45) is 5.92 Å². The van der Waals surface area contributed by atoms with Gasteiger partial charge < -0.3 is 14.6 Å². The molecule has 1 saturated heterocycles. The third-order valence-corrected chi connectivity index (χ3v) is 6.18. The molecule has 0 spiro atoms. The van der Waals surface area contributed by atoms with Gasteiger partial charge in [0.15, 0.2) is 0 Å². The molecule has 34 heavy (non-hydrogen) atoms. The zero-order valence-electron chi connectivity index (χ0n) is 19.8. The summed E-state index contributed by atoms with van der Waals surface area (Å²) in [7, 11) is 0. The summed E-state index contributed by atoms with van der Waals surface area (Å²) in [5, 5.41) is 7.10. The van der Waals surface area contributed by atoms with Crippen molar-refractivity contribution in [2.45, 2.75) is 40.2 Å². The van der Waals surface area contributed by atoms with Gasteiger partial charge in [-0.25, -0.2) is 4.79 Å². The number of carbonyl (C=O) groups excluding carboxylic acids is 2. The molecule has 1 aliphatic rings. The largest absolute Gasteiger partial charge is 0.462 e. The summed E-state index contributed by atoms with van der Waals surface area (Å²) in [6.07, 6.45) is 1.48. The summed E-state index contributed by atoms with van der Waals surface area (Å²) in [4.78, 5) is 31.8. The van der Waals surface area contributed by atoms with E-state index in [1.165, 1.54) is 5.56 Å². The lowest BCUT2D eigenvalue weighted by atomic mass is 9.95. The van der Waals surface area contributed by atoms with E-state index >= 15 is 0 Å². The van der Waals surface area contributed by atoms with Crippen LogP contribution < -0.4 is 5.32 Å². The van der Waals surface area contributed by atoms with Gasteiger partial charge in [-0.05, 0) is 64.4 Å². The molecule has 1 fully saturated rings. The molecule has 3 aromatic rings. The quantitative estimate of drug-likeness (QED) is 0.520. The van der Waals surface area contributed by atoms with Crippen LogP contribution in [0.5, 0.6) is 0 Å². The van der Waals surface area contributed by atoms with E-state index in [9.17, 15) is 9.59 Å². The van der Waals surface area contributed by atoms with Gasteiger partial charge in [-0.1, -0.05) is 41.1 Å². The number of anilines is 1. The molecule has 0 atom stereocenters. The van der Waals surface area contributed by atoms with Crippen molar-refractivity contribution in [3.8, 4) is 11.4 Å². The Hall–Kier alpha value is -3.52. The fourth-order valence-electron chi connectivity index (χ4n) is 4.12. The number of hydrogen-bond donors (Lipinski definition) is 1. The van der Waals surface area contributed by atoms with Crippen molar-refractivity contribution in [3.63, 3.8) is 0 Å². The molecule has 8 heteroatoms. The van der Waals surface area contributed by atoms with Crippen molar-refractivity contribution in [1.29, 1.82) is 0 Å². The Bertz CT molecular complexity index is 1150. The second-order valence-corrected chi connectivity index (χ2v) is 8.62. The minimum Gasteiger partial charge on any atom is -0.462 e. The first kappa shape index (κ1) is 23.6. The molecule has 1 aromatic heterocycles. The molecule has 1 N–H and O–H groups in total. The fraction of sp³-hybridized carbons (Fsp3) is 0.385. The maximum atomic E-state index is 12.9. The number of aromatic nitrogens is 2. The molecular formula is C26H30N4O4. The van der Waals surface area contributed by atoms with Gasteiger partial charge >= 0.3 is 5.97 Å². The van der Waals surface area contributed by atoms with E-state index in [0.29, 0.717) is 41.7 Å². The summed E-state index contributed by atoms with van der Waals surface area (Å²) in [6, 6.07) is 13.3. The van der Waals surface area contributed by atoms with Crippen LogP contribution in [0.15, 0.2) is 47.0 Å². The molecule has 0 unspecified atom stereocenters. The first-order valence-corrected chi connectivity index (χ1v) is 11.6. The zero-order chi connectivity index (χ0) is 24.1. The van der Waals surface area contributed by atoms with E-state index in [1.54, 1.807) is 19.1 Å². The second-order valence-electron chi connectivity index (χ2n) is 8.62. The molecule has 1 amide bonds. The number of aryl methyl sites for hydroxylation is 1. The lowest BCUT2D eigenvalue weighted by Gasteiger charge is -2.30. The Morgan fingerprint density at radius 2 is 1.85 bits per heavy atom. The second kappa shape index (κ2) is 10.6. The molecule has 2 aromatic carbocycles. The third-order valence-electron chi connectivity index (χ3n) is 6.18. The van der Waals surface area contributed by atoms with Crippen LogP contribution in [0.2, 0.25) is 0 Å². The van der Waals surface area contributed by atoms with E-state index in [4.69, 9.17) is 9.26 Å². The Kier molecular flexibility index (Phi) is 7.37. The van der Waals surface area contributed by atoms with Gasteiger partial charge in [0, 0.05) is 17.2 Å². The Morgan fingerprint density at radius 3 is 2.56 bits per heavy atom. The number of piperidine rings is 1. The summed E-state index contributed by atoms with van der Waals surface area (Å²) >= 11 is 0. The Labute approximate surface area is 199 Å². The topological polar surface area (TPSA) is 97.6 Å². The first-order chi connectivity index (χ1) is 16.4. The molecule has 0 aliphatic carbocycles. The fourth-order valence-corrected chi connectivity index (χ4v) is 4.12. The van der Waals surface area contributed by atoms with Gasteiger partial charge in [-0.2, -0.15) is 4.98 Å². The van der Waals surface area contributed by atoms with Crippen molar-refractivity contribution in [3.05, 3.63) is 65.0 Å². The average Bonchev–Trinajstić information content (AvgIpc) is 3.30. The number of nitrogens with one attached hydrogen (secondary N) is 1. The third kappa shape index (κ3) is 5.51. The van der Waals surface area contributed by atoms with Crippen LogP contribution in [0, 0.1) is 19.8 Å². The number of esters is 1. The van der Waals surface area contributed by atoms with Gasteiger partial charge in [0.1, 0.15) is 0 Å². The Balaban J connectivity index is 1.30. The SMILES string of the molecule is CCOC(=O)c1cccc(NC(=O)C2CCN(Cc3nc(-c4ccc(C)cc4)no3)CC2)c1C. The molecule has 0 radical (unpaired) electrons. The van der Waals surface area contributed by atoms with Crippen LogP contribution in [0.4, 0.5) is 5.69 Å². The van der Waals surface area contributed by atoms with Crippen molar-refractivity contribution in [2.75, 3.05) is 25.0 Å². The molecule has 4 rings (SSSR count). The molecule has 2 heterocycles. The minimum atomic E-state index is -0.379. The van der Waals surface area contributed by atoms with Crippen LogP contribution in [-0.2, 0) is 16.1 Å². The number of benzene rings is 2. The number of hydrogen-bond acceptors (Lipinski definition) is 7. The van der Waals surface area contributed by atoms with E-state index in [1.807, 2.05) is 44.2 Å². The van der Waals surface area contributed by atoms with E-state index < -0.39 is 0 Å². The zero-order valence-corrected chi connectivity index (χ0v) is 19.8. The number of likely N-dealkylation sites (tertiary alicyclic amines) is 1. The number of nitrogens with zero attached hydrogens (tertiary/aromatic N) is 3. The highest BCUT2D eigenvalue weighted by Crippen LogP contribution is 2.24. The van der Waals surface area contributed by atoms with Gasteiger partial charge in [-0.15, -0.1) is 0 Å². The molecule has 1 aliphatic heterocycles. The highest BCUT2D eigenvalue weighted by atomic mass is 16.5.